The predicted molar refractivity (Wildman–Crippen MR) is 67.8 cm³/mol. The maximum absolute atomic E-state index is 8.86. The van der Waals surface area contributed by atoms with Gasteiger partial charge < -0.3 is 9.84 Å². The van der Waals surface area contributed by atoms with Crippen LogP contribution in [0.4, 0.5) is 0 Å². The molecule has 0 radical (unpaired) electrons. The van der Waals surface area contributed by atoms with Crippen molar-refractivity contribution < 1.29 is 9.84 Å². The van der Waals surface area contributed by atoms with Gasteiger partial charge in [0.15, 0.2) is 0 Å². The molecule has 88 valence electrons. The summed E-state index contributed by atoms with van der Waals surface area (Å²) in [5.41, 5.74) is 1.18. The Morgan fingerprint density at radius 2 is 2.19 bits per heavy atom. The molecule has 0 saturated heterocycles. The maximum atomic E-state index is 8.86. The number of aryl methyl sites for hydroxylation is 1. The minimum absolute atomic E-state index is 0.231. The van der Waals surface area contributed by atoms with Crippen molar-refractivity contribution in [3.63, 3.8) is 0 Å². The second kappa shape index (κ2) is 5.69. The molecule has 1 aliphatic carbocycles. The first-order valence-electron chi connectivity index (χ1n) is 5.82. The molecule has 1 aliphatic rings. The molecule has 0 aromatic heterocycles. The van der Waals surface area contributed by atoms with Gasteiger partial charge in [-0.3, -0.25) is 0 Å². The molecule has 1 aromatic carbocycles. The molecule has 0 heterocycles. The Hall–Kier alpha value is -0.540. The van der Waals surface area contributed by atoms with Gasteiger partial charge in [0.05, 0.1) is 11.1 Å². The molecular weight excluding hydrogens is 268 g/mol. The van der Waals surface area contributed by atoms with Crippen LogP contribution in [0.15, 0.2) is 22.7 Å². The van der Waals surface area contributed by atoms with E-state index in [1.165, 1.54) is 18.4 Å². The molecule has 1 aromatic rings. The van der Waals surface area contributed by atoms with Crippen molar-refractivity contribution in [2.24, 2.45) is 5.92 Å². The van der Waals surface area contributed by atoms with Crippen molar-refractivity contribution in [3.8, 4) is 5.75 Å². The number of halogens is 1. The summed E-state index contributed by atoms with van der Waals surface area (Å²) < 4.78 is 6.88. The SMILES string of the molecule is OCCCc1cccc(Br)c1OCC1CC1. The third-order valence-corrected chi connectivity index (χ3v) is 3.44. The quantitative estimate of drug-likeness (QED) is 0.870. The Morgan fingerprint density at radius 3 is 2.88 bits per heavy atom. The van der Waals surface area contributed by atoms with Gasteiger partial charge in [-0.25, -0.2) is 0 Å². The van der Waals surface area contributed by atoms with Gasteiger partial charge in [0.2, 0.25) is 0 Å². The zero-order valence-electron chi connectivity index (χ0n) is 9.29. The number of rotatable bonds is 6. The molecule has 2 nitrogen and oxygen atoms in total. The third-order valence-electron chi connectivity index (χ3n) is 2.81. The van der Waals surface area contributed by atoms with Crippen LogP contribution in [0.2, 0.25) is 0 Å². The van der Waals surface area contributed by atoms with Crippen LogP contribution in [0.3, 0.4) is 0 Å². The summed E-state index contributed by atoms with van der Waals surface area (Å²) in [6, 6.07) is 6.09. The number of benzene rings is 1. The van der Waals surface area contributed by atoms with E-state index in [0.717, 1.165) is 35.6 Å². The van der Waals surface area contributed by atoms with Crippen LogP contribution in [-0.2, 0) is 6.42 Å². The molecule has 1 N–H and O–H groups in total. The smallest absolute Gasteiger partial charge is 0.136 e. The highest BCUT2D eigenvalue weighted by molar-refractivity contribution is 9.10. The summed E-state index contributed by atoms with van der Waals surface area (Å²) in [7, 11) is 0. The molecule has 1 saturated carbocycles. The third kappa shape index (κ3) is 3.22. The number of hydrogen-bond acceptors (Lipinski definition) is 2. The van der Waals surface area contributed by atoms with Gasteiger partial charge in [0.1, 0.15) is 5.75 Å². The van der Waals surface area contributed by atoms with Crippen molar-refractivity contribution in [2.75, 3.05) is 13.2 Å². The molecule has 0 aliphatic heterocycles. The molecular formula is C13H17BrO2. The lowest BCUT2D eigenvalue weighted by atomic mass is 10.1. The molecule has 0 spiro atoms. The molecule has 0 atom stereocenters. The standard InChI is InChI=1S/C13H17BrO2/c14-12-5-1-3-11(4-2-8-15)13(12)16-9-10-6-7-10/h1,3,5,10,15H,2,4,6-9H2. The number of aliphatic hydroxyl groups is 1. The zero-order chi connectivity index (χ0) is 11.4. The van der Waals surface area contributed by atoms with Crippen molar-refractivity contribution in [1.82, 2.24) is 0 Å². The fraction of sp³-hybridized carbons (Fsp3) is 0.538. The van der Waals surface area contributed by atoms with Crippen LogP contribution in [0, 0.1) is 5.92 Å². The molecule has 0 unspecified atom stereocenters. The van der Waals surface area contributed by atoms with Gasteiger partial charge in [0, 0.05) is 6.61 Å². The predicted octanol–water partition coefficient (Wildman–Crippen LogP) is 3.16. The summed E-state index contributed by atoms with van der Waals surface area (Å²) in [6.07, 6.45) is 4.26. The van der Waals surface area contributed by atoms with Crippen LogP contribution in [0.5, 0.6) is 5.75 Å². The average molecular weight is 285 g/mol. The van der Waals surface area contributed by atoms with Gasteiger partial charge in [-0.1, -0.05) is 12.1 Å². The Morgan fingerprint density at radius 1 is 1.38 bits per heavy atom. The lowest BCUT2D eigenvalue weighted by Gasteiger charge is -2.12. The van der Waals surface area contributed by atoms with E-state index in [1.54, 1.807) is 0 Å². The van der Waals surface area contributed by atoms with Gasteiger partial charge in [-0.15, -0.1) is 0 Å². The summed E-state index contributed by atoms with van der Waals surface area (Å²) >= 11 is 3.52. The lowest BCUT2D eigenvalue weighted by molar-refractivity contribution is 0.281. The van der Waals surface area contributed by atoms with Crippen LogP contribution >= 0.6 is 15.9 Å². The second-order valence-electron chi connectivity index (χ2n) is 4.31. The van der Waals surface area contributed by atoms with Gasteiger partial charge >= 0.3 is 0 Å². The van der Waals surface area contributed by atoms with Gasteiger partial charge in [0.25, 0.3) is 0 Å². The highest BCUT2D eigenvalue weighted by Gasteiger charge is 2.22. The molecule has 1 fully saturated rings. The first-order chi connectivity index (χ1) is 7.81. The summed E-state index contributed by atoms with van der Waals surface area (Å²) in [6.45, 7) is 1.06. The number of para-hydroxylation sites is 1. The topological polar surface area (TPSA) is 29.5 Å². The average Bonchev–Trinajstić information content (AvgIpc) is 3.09. The highest BCUT2D eigenvalue weighted by atomic mass is 79.9. The van der Waals surface area contributed by atoms with E-state index in [0.29, 0.717) is 0 Å². The molecule has 0 amide bonds. The van der Waals surface area contributed by atoms with Crippen LogP contribution in [-0.4, -0.2) is 18.3 Å². The van der Waals surface area contributed by atoms with E-state index >= 15 is 0 Å². The van der Waals surface area contributed by atoms with Crippen molar-refractivity contribution in [3.05, 3.63) is 28.2 Å². The Balaban J connectivity index is 2.04. The van der Waals surface area contributed by atoms with Crippen molar-refractivity contribution in [1.29, 1.82) is 0 Å². The van der Waals surface area contributed by atoms with Crippen LogP contribution in [0.1, 0.15) is 24.8 Å². The van der Waals surface area contributed by atoms with E-state index in [4.69, 9.17) is 9.84 Å². The summed E-state index contributed by atoms with van der Waals surface area (Å²) in [5.74, 6) is 1.72. The normalized spacial score (nSPS) is 15.1. The summed E-state index contributed by atoms with van der Waals surface area (Å²) in [4.78, 5) is 0. The van der Waals surface area contributed by atoms with E-state index < -0.39 is 0 Å². The van der Waals surface area contributed by atoms with E-state index in [9.17, 15) is 0 Å². The monoisotopic (exact) mass is 284 g/mol. The van der Waals surface area contributed by atoms with Crippen LogP contribution < -0.4 is 4.74 Å². The maximum Gasteiger partial charge on any atom is 0.136 e. The fourth-order valence-corrected chi connectivity index (χ4v) is 2.19. The number of aliphatic hydroxyl groups excluding tert-OH is 1. The lowest BCUT2D eigenvalue weighted by Crippen LogP contribution is -2.03. The molecule has 2 rings (SSSR count). The van der Waals surface area contributed by atoms with E-state index in [1.807, 2.05) is 12.1 Å². The zero-order valence-corrected chi connectivity index (χ0v) is 10.9. The largest absolute Gasteiger partial charge is 0.492 e. The molecule has 3 heteroatoms. The molecule has 0 bridgehead atoms. The Kier molecular flexibility index (Phi) is 4.24. The minimum atomic E-state index is 0.231. The fourth-order valence-electron chi connectivity index (χ4n) is 1.67. The number of ether oxygens (including phenoxy) is 1. The van der Waals surface area contributed by atoms with E-state index in [2.05, 4.69) is 22.0 Å². The highest BCUT2D eigenvalue weighted by Crippen LogP contribution is 2.34. The Bertz CT molecular complexity index is 348. The first-order valence-corrected chi connectivity index (χ1v) is 6.61. The second-order valence-corrected chi connectivity index (χ2v) is 5.16. The van der Waals surface area contributed by atoms with Crippen molar-refractivity contribution >= 4 is 15.9 Å². The van der Waals surface area contributed by atoms with Crippen LogP contribution in [0.25, 0.3) is 0 Å². The van der Waals surface area contributed by atoms with E-state index in [-0.39, 0.29) is 6.61 Å². The summed E-state index contributed by atoms with van der Waals surface area (Å²) in [5, 5.41) is 8.86. The van der Waals surface area contributed by atoms with Gasteiger partial charge in [-0.05, 0) is 59.2 Å². The van der Waals surface area contributed by atoms with Gasteiger partial charge in [-0.2, -0.15) is 0 Å². The Labute approximate surface area is 105 Å². The van der Waals surface area contributed by atoms with Crippen molar-refractivity contribution in [2.45, 2.75) is 25.7 Å². The molecule has 16 heavy (non-hydrogen) atoms. The first kappa shape index (κ1) is 11.9. The number of hydrogen-bond donors (Lipinski definition) is 1. The minimum Gasteiger partial charge on any atom is -0.492 e.